The molecule has 1 aliphatic rings. The SMILES string of the molecule is CNCC[C@H](Oc1ccc(CN2CCN(C)c3nc(OC)ncc3C2=O)cc1)c1ccccc1.S. The highest BCUT2D eigenvalue weighted by Crippen LogP contribution is 2.27. The summed E-state index contributed by atoms with van der Waals surface area (Å²) in [4.78, 5) is 25.5. The van der Waals surface area contributed by atoms with E-state index < -0.39 is 0 Å². The Bertz CT molecular complexity index is 1100. The van der Waals surface area contributed by atoms with E-state index in [0.717, 1.165) is 29.8 Å². The third-order valence-corrected chi connectivity index (χ3v) is 5.92. The molecule has 0 saturated carbocycles. The molecule has 2 heterocycles. The largest absolute Gasteiger partial charge is 0.486 e. The number of ether oxygens (including phenoxy) is 2. The van der Waals surface area contributed by atoms with Crippen molar-refractivity contribution in [3.63, 3.8) is 0 Å². The second-order valence-electron chi connectivity index (χ2n) is 8.30. The summed E-state index contributed by atoms with van der Waals surface area (Å²) in [6.07, 6.45) is 2.38. The highest BCUT2D eigenvalue weighted by Gasteiger charge is 2.27. The predicted octanol–water partition coefficient (Wildman–Crippen LogP) is 3.42. The molecule has 1 atom stereocenters. The van der Waals surface area contributed by atoms with Crippen LogP contribution in [0.3, 0.4) is 0 Å². The van der Waals surface area contributed by atoms with Crippen LogP contribution in [0.25, 0.3) is 0 Å². The zero-order chi connectivity index (χ0) is 23.9. The van der Waals surface area contributed by atoms with Crippen LogP contribution >= 0.6 is 13.5 Å². The number of likely N-dealkylation sites (N-methyl/N-ethyl adjacent to an activating group) is 1. The first-order chi connectivity index (χ1) is 16.6. The first-order valence-electron chi connectivity index (χ1n) is 11.5. The minimum Gasteiger partial charge on any atom is -0.486 e. The first kappa shape index (κ1) is 26.3. The van der Waals surface area contributed by atoms with Crippen molar-refractivity contribution < 1.29 is 14.3 Å². The number of anilines is 1. The van der Waals surface area contributed by atoms with Crippen LogP contribution < -0.4 is 19.7 Å². The molecule has 0 saturated heterocycles. The van der Waals surface area contributed by atoms with E-state index in [1.54, 1.807) is 6.20 Å². The Hall–Kier alpha value is -3.30. The molecule has 0 fully saturated rings. The van der Waals surface area contributed by atoms with E-state index in [1.807, 2.05) is 66.4 Å². The van der Waals surface area contributed by atoms with Gasteiger partial charge in [-0.3, -0.25) is 4.79 Å². The molecule has 8 nitrogen and oxygen atoms in total. The molecule has 4 rings (SSSR count). The van der Waals surface area contributed by atoms with E-state index in [2.05, 4.69) is 27.4 Å². The Morgan fingerprint density at radius 1 is 1.09 bits per heavy atom. The van der Waals surface area contributed by atoms with Crippen molar-refractivity contribution in [3.05, 3.63) is 77.5 Å². The summed E-state index contributed by atoms with van der Waals surface area (Å²) in [5.41, 5.74) is 2.67. The van der Waals surface area contributed by atoms with Crippen LogP contribution in [-0.4, -0.2) is 61.6 Å². The molecule has 3 aromatic rings. The van der Waals surface area contributed by atoms with Crippen molar-refractivity contribution >= 4 is 25.2 Å². The lowest BCUT2D eigenvalue weighted by molar-refractivity contribution is 0.0754. The van der Waals surface area contributed by atoms with Gasteiger partial charge in [-0.05, 0) is 36.9 Å². The first-order valence-corrected chi connectivity index (χ1v) is 11.5. The van der Waals surface area contributed by atoms with Gasteiger partial charge in [-0.2, -0.15) is 18.5 Å². The number of hydrogen-bond donors (Lipinski definition) is 1. The minimum atomic E-state index is -0.0847. The molecule has 35 heavy (non-hydrogen) atoms. The molecule has 0 spiro atoms. The van der Waals surface area contributed by atoms with Gasteiger partial charge in [0.15, 0.2) is 0 Å². The smallest absolute Gasteiger partial charge is 0.318 e. The Kier molecular flexibility index (Phi) is 9.33. The Labute approximate surface area is 213 Å². The zero-order valence-corrected chi connectivity index (χ0v) is 21.4. The van der Waals surface area contributed by atoms with E-state index >= 15 is 0 Å². The lowest BCUT2D eigenvalue weighted by atomic mass is 10.1. The van der Waals surface area contributed by atoms with Crippen LogP contribution in [-0.2, 0) is 6.54 Å². The highest BCUT2D eigenvalue weighted by atomic mass is 32.1. The van der Waals surface area contributed by atoms with Crippen molar-refractivity contribution in [2.45, 2.75) is 19.1 Å². The molecule has 1 aromatic heterocycles. The van der Waals surface area contributed by atoms with Gasteiger partial charge in [0, 0.05) is 39.3 Å². The minimum absolute atomic E-state index is 0. The fraction of sp³-hybridized carbons (Fsp3) is 0.346. The van der Waals surface area contributed by atoms with Gasteiger partial charge in [-0.15, -0.1) is 0 Å². The van der Waals surface area contributed by atoms with E-state index in [-0.39, 0.29) is 31.5 Å². The Morgan fingerprint density at radius 3 is 2.51 bits per heavy atom. The molecule has 1 N–H and O–H groups in total. The van der Waals surface area contributed by atoms with Crippen LogP contribution in [0.4, 0.5) is 5.82 Å². The van der Waals surface area contributed by atoms with Gasteiger partial charge < -0.3 is 24.6 Å². The average Bonchev–Trinajstić information content (AvgIpc) is 2.99. The fourth-order valence-corrected chi connectivity index (χ4v) is 3.99. The van der Waals surface area contributed by atoms with Gasteiger partial charge >= 0.3 is 6.01 Å². The van der Waals surface area contributed by atoms with Gasteiger partial charge in [-0.1, -0.05) is 42.5 Å². The maximum Gasteiger partial charge on any atom is 0.318 e. The average molecular weight is 496 g/mol. The molecule has 0 aliphatic carbocycles. The second kappa shape index (κ2) is 12.4. The predicted molar refractivity (Wildman–Crippen MR) is 142 cm³/mol. The lowest BCUT2D eigenvalue weighted by Crippen LogP contribution is -2.33. The monoisotopic (exact) mass is 495 g/mol. The topological polar surface area (TPSA) is 79.8 Å². The number of carbonyl (C=O) groups is 1. The van der Waals surface area contributed by atoms with Crippen molar-refractivity contribution in [2.24, 2.45) is 0 Å². The normalized spacial score (nSPS) is 14.0. The Balaban J connectivity index is 0.00000342. The molecule has 0 radical (unpaired) electrons. The summed E-state index contributed by atoms with van der Waals surface area (Å²) in [5.74, 6) is 1.32. The van der Waals surface area contributed by atoms with Crippen molar-refractivity contribution in [2.75, 3.05) is 45.7 Å². The summed E-state index contributed by atoms with van der Waals surface area (Å²) in [6.45, 7) is 2.62. The molecule has 2 aromatic carbocycles. The maximum atomic E-state index is 13.2. The van der Waals surface area contributed by atoms with E-state index in [9.17, 15) is 4.79 Å². The van der Waals surface area contributed by atoms with Crippen LogP contribution in [0.15, 0.2) is 60.8 Å². The van der Waals surface area contributed by atoms with Crippen LogP contribution in [0.1, 0.15) is 34.0 Å². The van der Waals surface area contributed by atoms with Crippen molar-refractivity contribution in [1.82, 2.24) is 20.2 Å². The number of amides is 1. The standard InChI is InChI=1S/C26H31N5O3.H2S/c1-27-14-13-23(20-7-5-4-6-8-20)34-21-11-9-19(10-12-21)18-31-16-15-30(2)24-22(25(31)32)17-28-26(29-24)33-3;/h4-12,17,23,27H,13-16,18H2,1-3H3;1H2/t23-;/m0./s1. The summed E-state index contributed by atoms with van der Waals surface area (Å²) < 4.78 is 11.4. The van der Waals surface area contributed by atoms with Gasteiger partial charge in [-0.25, -0.2) is 4.98 Å². The molecule has 0 bridgehead atoms. The molecular formula is C26H33N5O3S. The van der Waals surface area contributed by atoms with Gasteiger partial charge in [0.05, 0.1) is 7.11 Å². The van der Waals surface area contributed by atoms with E-state index in [1.165, 1.54) is 7.11 Å². The van der Waals surface area contributed by atoms with Gasteiger partial charge in [0.25, 0.3) is 5.91 Å². The number of rotatable bonds is 9. The van der Waals surface area contributed by atoms with Crippen LogP contribution in [0.5, 0.6) is 11.8 Å². The fourth-order valence-electron chi connectivity index (χ4n) is 3.99. The Morgan fingerprint density at radius 2 is 1.83 bits per heavy atom. The number of carbonyl (C=O) groups excluding carboxylic acids is 1. The number of fused-ring (bicyclic) bond motifs is 1. The second-order valence-corrected chi connectivity index (χ2v) is 8.30. The van der Waals surface area contributed by atoms with Crippen molar-refractivity contribution in [3.8, 4) is 11.8 Å². The molecule has 186 valence electrons. The molecular weight excluding hydrogens is 462 g/mol. The molecule has 1 amide bonds. The number of benzene rings is 2. The number of nitrogens with zero attached hydrogens (tertiary/aromatic N) is 4. The third-order valence-electron chi connectivity index (χ3n) is 5.92. The summed E-state index contributed by atoms with van der Waals surface area (Å²) >= 11 is 0. The number of methoxy groups -OCH3 is 1. The van der Waals surface area contributed by atoms with Gasteiger partial charge in [0.2, 0.25) is 0 Å². The van der Waals surface area contributed by atoms with E-state index in [0.29, 0.717) is 31.0 Å². The van der Waals surface area contributed by atoms with Crippen LogP contribution in [0.2, 0.25) is 0 Å². The molecule has 9 heteroatoms. The molecule has 1 aliphatic heterocycles. The van der Waals surface area contributed by atoms with Gasteiger partial charge in [0.1, 0.15) is 23.2 Å². The lowest BCUT2D eigenvalue weighted by Gasteiger charge is -2.22. The summed E-state index contributed by atoms with van der Waals surface area (Å²) in [7, 11) is 5.38. The third kappa shape index (κ3) is 6.43. The zero-order valence-electron chi connectivity index (χ0n) is 20.4. The van der Waals surface area contributed by atoms with Crippen molar-refractivity contribution in [1.29, 1.82) is 0 Å². The van der Waals surface area contributed by atoms with E-state index in [4.69, 9.17) is 9.47 Å². The highest BCUT2D eigenvalue weighted by molar-refractivity contribution is 7.59. The van der Waals surface area contributed by atoms with Crippen LogP contribution in [0, 0.1) is 0 Å². The number of nitrogens with one attached hydrogen (secondary N) is 1. The summed E-state index contributed by atoms with van der Waals surface area (Å²) in [6, 6.07) is 18.5. The number of hydrogen-bond acceptors (Lipinski definition) is 7. The quantitative estimate of drug-likeness (QED) is 0.487. The summed E-state index contributed by atoms with van der Waals surface area (Å²) in [5, 5.41) is 3.20. The maximum absolute atomic E-state index is 13.2. The molecule has 0 unspecified atom stereocenters. The number of aromatic nitrogens is 2.